The van der Waals surface area contributed by atoms with Gasteiger partial charge in [-0.15, -0.1) is 10.2 Å². The number of ether oxygens (including phenoxy) is 1. The third-order valence-corrected chi connectivity index (χ3v) is 4.80. The average molecular weight is 481 g/mol. The number of hydrogen-bond donors (Lipinski definition) is 2. The Balaban J connectivity index is 1.76. The van der Waals surface area contributed by atoms with Gasteiger partial charge in [-0.1, -0.05) is 22.0 Å². The smallest absolute Gasteiger partial charge is 0.302 e. The van der Waals surface area contributed by atoms with Gasteiger partial charge in [0.25, 0.3) is 0 Å². The summed E-state index contributed by atoms with van der Waals surface area (Å²) in [5.74, 6) is -0.147. The minimum Gasteiger partial charge on any atom is -0.493 e. The molecule has 134 valence electrons. The zero-order valence-electron chi connectivity index (χ0n) is 14.0. The Morgan fingerprint density at radius 2 is 2.00 bits per heavy atom. The van der Waals surface area contributed by atoms with Crippen molar-refractivity contribution in [3.05, 3.63) is 50.4 Å². The molecule has 3 aromatic rings. The molecule has 2 aromatic carbocycles. The van der Waals surface area contributed by atoms with Crippen molar-refractivity contribution in [3.63, 3.8) is 0 Å². The Morgan fingerprint density at radius 1 is 1.23 bits per heavy atom. The summed E-state index contributed by atoms with van der Waals surface area (Å²) in [6.45, 7) is 3.61. The SMILES string of the molecule is Cc1ccc(OCC(=O)N=Nc2c(O)[nH]c3c(C)cc(Br)cc23)c(Br)c1. The summed E-state index contributed by atoms with van der Waals surface area (Å²) in [5.41, 5.74) is 2.97. The van der Waals surface area contributed by atoms with Crippen molar-refractivity contribution in [2.45, 2.75) is 13.8 Å². The number of amides is 1. The first-order chi connectivity index (χ1) is 12.3. The van der Waals surface area contributed by atoms with Crippen molar-refractivity contribution in [1.82, 2.24) is 4.98 Å². The van der Waals surface area contributed by atoms with Crippen LogP contribution in [0, 0.1) is 13.8 Å². The molecule has 26 heavy (non-hydrogen) atoms. The van der Waals surface area contributed by atoms with Crippen LogP contribution in [-0.2, 0) is 4.79 Å². The molecular formula is C18H15Br2N3O3. The summed E-state index contributed by atoms with van der Waals surface area (Å²) in [4.78, 5) is 14.8. The van der Waals surface area contributed by atoms with Gasteiger partial charge in [0.2, 0.25) is 5.88 Å². The molecule has 0 radical (unpaired) electrons. The first-order valence-corrected chi connectivity index (χ1v) is 9.28. The van der Waals surface area contributed by atoms with Crippen molar-refractivity contribution in [3.8, 4) is 11.6 Å². The lowest BCUT2D eigenvalue weighted by Crippen LogP contribution is -2.08. The molecule has 0 bridgehead atoms. The van der Waals surface area contributed by atoms with Gasteiger partial charge in [0, 0.05) is 9.86 Å². The van der Waals surface area contributed by atoms with Gasteiger partial charge in [-0.3, -0.25) is 4.79 Å². The second kappa shape index (κ2) is 7.59. The number of benzene rings is 2. The summed E-state index contributed by atoms with van der Waals surface area (Å²) in [7, 11) is 0. The summed E-state index contributed by atoms with van der Waals surface area (Å²) in [6.07, 6.45) is 0. The van der Waals surface area contributed by atoms with Crippen LogP contribution >= 0.6 is 31.9 Å². The number of aromatic amines is 1. The lowest BCUT2D eigenvalue weighted by Gasteiger charge is -2.06. The fourth-order valence-corrected chi connectivity index (χ4v) is 3.68. The van der Waals surface area contributed by atoms with E-state index in [4.69, 9.17) is 4.74 Å². The van der Waals surface area contributed by atoms with Crippen LogP contribution in [0.15, 0.2) is 49.5 Å². The summed E-state index contributed by atoms with van der Waals surface area (Å²) in [6, 6.07) is 9.27. The fraction of sp³-hybridized carbons (Fsp3) is 0.167. The van der Waals surface area contributed by atoms with E-state index in [1.807, 2.05) is 32.0 Å². The van der Waals surface area contributed by atoms with Gasteiger partial charge in [0.05, 0.1) is 9.99 Å². The molecule has 0 aliphatic rings. The summed E-state index contributed by atoms with van der Waals surface area (Å²) < 4.78 is 7.06. The molecule has 0 fully saturated rings. The van der Waals surface area contributed by atoms with Crippen LogP contribution in [0.1, 0.15) is 11.1 Å². The number of hydrogen-bond acceptors (Lipinski definition) is 4. The van der Waals surface area contributed by atoms with E-state index in [0.29, 0.717) is 11.1 Å². The third-order valence-electron chi connectivity index (χ3n) is 3.72. The maximum Gasteiger partial charge on any atom is 0.302 e. The van der Waals surface area contributed by atoms with E-state index in [1.54, 1.807) is 12.1 Å². The quantitative estimate of drug-likeness (QED) is 0.469. The number of fused-ring (bicyclic) bond motifs is 1. The Bertz CT molecular complexity index is 1030. The Morgan fingerprint density at radius 3 is 2.73 bits per heavy atom. The number of aryl methyl sites for hydroxylation is 2. The first-order valence-electron chi connectivity index (χ1n) is 7.69. The number of nitrogens with one attached hydrogen (secondary N) is 1. The van der Waals surface area contributed by atoms with Gasteiger partial charge in [-0.05, 0) is 65.2 Å². The first kappa shape index (κ1) is 18.6. The van der Waals surface area contributed by atoms with E-state index in [9.17, 15) is 9.90 Å². The number of halogens is 2. The highest BCUT2D eigenvalue weighted by molar-refractivity contribution is 9.10. The highest BCUT2D eigenvalue weighted by Crippen LogP contribution is 2.38. The normalized spacial score (nSPS) is 11.4. The van der Waals surface area contributed by atoms with Crippen molar-refractivity contribution < 1.29 is 14.6 Å². The van der Waals surface area contributed by atoms with Crippen LogP contribution < -0.4 is 4.74 Å². The number of aromatic nitrogens is 1. The summed E-state index contributed by atoms with van der Waals surface area (Å²) >= 11 is 6.80. The van der Waals surface area contributed by atoms with Crippen LogP contribution in [0.5, 0.6) is 11.6 Å². The molecule has 1 amide bonds. The number of aromatic hydroxyl groups is 1. The highest BCUT2D eigenvalue weighted by atomic mass is 79.9. The van der Waals surface area contributed by atoms with Crippen LogP contribution in [0.25, 0.3) is 10.9 Å². The molecule has 0 aliphatic carbocycles. The van der Waals surface area contributed by atoms with E-state index in [1.165, 1.54) is 0 Å². The van der Waals surface area contributed by atoms with Gasteiger partial charge in [0.1, 0.15) is 5.75 Å². The average Bonchev–Trinajstić information content (AvgIpc) is 2.88. The molecule has 0 aliphatic heterocycles. The molecule has 1 heterocycles. The highest BCUT2D eigenvalue weighted by Gasteiger charge is 2.14. The van der Waals surface area contributed by atoms with Gasteiger partial charge >= 0.3 is 5.91 Å². The molecule has 6 nitrogen and oxygen atoms in total. The monoisotopic (exact) mass is 479 g/mol. The largest absolute Gasteiger partial charge is 0.493 e. The van der Waals surface area contributed by atoms with Crippen molar-refractivity contribution in [2.75, 3.05) is 6.61 Å². The van der Waals surface area contributed by atoms with Crippen LogP contribution in [0.4, 0.5) is 5.69 Å². The number of azo groups is 1. The second-order valence-corrected chi connectivity index (χ2v) is 7.55. The van der Waals surface area contributed by atoms with Gasteiger partial charge < -0.3 is 14.8 Å². The Kier molecular flexibility index (Phi) is 5.43. The molecule has 8 heteroatoms. The summed E-state index contributed by atoms with van der Waals surface area (Å²) in [5, 5.41) is 18.3. The molecule has 0 unspecified atom stereocenters. The van der Waals surface area contributed by atoms with Crippen LogP contribution in [-0.4, -0.2) is 22.6 Å². The van der Waals surface area contributed by atoms with Gasteiger partial charge in [0.15, 0.2) is 12.3 Å². The van der Waals surface area contributed by atoms with E-state index < -0.39 is 5.91 Å². The van der Waals surface area contributed by atoms with Crippen LogP contribution in [0.3, 0.4) is 0 Å². The topological polar surface area (TPSA) is 87.0 Å². The lowest BCUT2D eigenvalue weighted by atomic mass is 10.1. The molecule has 0 atom stereocenters. The zero-order valence-corrected chi connectivity index (χ0v) is 17.2. The van der Waals surface area contributed by atoms with E-state index in [0.717, 1.165) is 25.6 Å². The maximum atomic E-state index is 12.0. The third kappa shape index (κ3) is 3.96. The van der Waals surface area contributed by atoms with E-state index in [2.05, 4.69) is 47.1 Å². The van der Waals surface area contributed by atoms with Crippen molar-refractivity contribution >= 4 is 54.4 Å². The predicted molar refractivity (Wildman–Crippen MR) is 106 cm³/mol. The van der Waals surface area contributed by atoms with Gasteiger partial charge in [-0.2, -0.15) is 0 Å². The molecule has 0 spiro atoms. The molecule has 2 N–H and O–H groups in total. The zero-order chi connectivity index (χ0) is 18.8. The van der Waals surface area contributed by atoms with Crippen molar-refractivity contribution in [2.24, 2.45) is 10.2 Å². The fourth-order valence-electron chi connectivity index (χ4n) is 2.50. The lowest BCUT2D eigenvalue weighted by molar-refractivity contribution is -0.120. The minimum atomic E-state index is -0.557. The van der Waals surface area contributed by atoms with E-state index in [-0.39, 0.29) is 18.2 Å². The Labute approximate surface area is 166 Å². The number of nitrogens with zero attached hydrogens (tertiary/aromatic N) is 2. The maximum absolute atomic E-state index is 12.0. The Hall–Kier alpha value is -2.19. The molecule has 3 rings (SSSR count). The number of carbonyl (C=O) groups excluding carboxylic acids is 1. The second-order valence-electron chi connectivity index (χ2n) is 5.78. The van der Waals surface area contributed by atoms with Gasteiger partial charge in [-0.25, -0.2) is 0 Å². The minimum absolute atomic E-state index is 0.139. The van der Waals surface area contributed by atoms with E-state index >= 15 is 0 Å². The standard InChI is InChI=1S/C18H15Br2N3O3/c1-9-3-4-14(13(20)5-9)26-8-15(24)22-23-17-12-7-11(19)6-10(2)16(12)21-18(17)25/h3-7,21,25H,8H2,1-2H3. The molecule has 0 saturated carbocycles. The number of carbonyl (C=O) groups is 1. The predicted octanol–water partition coefficient (Wildman–Crippen LogP) is 5.70. The van der Waals surface area contributed by atoms with Crippen molar-refractivity contribution in [1.29, 1.82) is 0 Å². The number of rotatable bonds is 4. The van der Waals surface area contributed by atoms with Crippen LogP contribution in [0.2, 0.25) is 0 Å². The molecule has 0 saturated heterocycles. The molecular weight excluding hydrogens is 466 g/mol. The molecule has 1 aromatic heterocycles. The number of H-pyrrole nitrogens is 1.